The van der Waals surface area contributed by atoms with Crippen molar-refractivity contribution in [3.8, 4) is 0 Å². The molecular weight excluding hydrogens is 318 g/mol. The fraction of sp³-hybridized carbons (Fsp3) is 0.625. The van der Waals surface area contributed by atoms with E-state index < -0.39 is 20.8 Å². The number of hydrogen-bond acceptors (Lipinski definition) is 3. The van der Waals surface area contributed by atoms with Crippen molar-refractivity contribution in [2.75, 3.05) is 18.1 Å². The molecule has 1 atom stereocenters. The summed E-state index contributed by atoms with van der Waals surface area (Å²) in [7, 11) is -4.27. The van der Waals surface area contributed by atoms with E-state index in [9.17, 15) is 12.6 Å². The summed E-state index contributed by atoms with van der Waals surface area (Å²) in [6.45, 7) is 0.258. The fourth-order valence-corrected chi connectivity index (χ4v) is 5.52. The van der Waals surface area contributed by atoms with E-state index in [-0.39, 0.29) is 12.3 Å². The number of benzene rings is 1. The summed E-state index contributed by atoms with van der Waals surface area (Å²) in [5, 5.41) is 0. The molecule has 0 unspecified atom stereocenters. The predicted molar refractivity (Wildman–Crippen MR) is 91.5 cm³/mol. The van der Waals surface area contributed by atoms with Gasteiger partial charge >= 0.3 is 0 Å². The Morgan fingerprint density at radius 3 is 2.45 bits per heavy atom. The van der Waals surface area contributed by atoms with Gasteiger partial charge < -0.3 is 0 Å². The molecule has 0 radical (unpaired) electrons. The van der Waals surface area contributed by atoms with Gasteiger partial charge in [0.1, 0.15) is 0 Å². The summed E-state index contributed by atoms with van der Waals surface area (Å²) in [4.78, 5) is 0. The van der Waals surface area contributed by atoms with Crippen molar-refractivity contribution in [3.63, 3.8) is 0 Å². The molecule has 1 N–H and O–H groups in total. The summed E-state index contributed by atoms with van der Waals surface area (Å²) < 4.78 is 38.6. The van der Waals surface area contributed by atoms with Crippen molar-refractivity contribution in [2.24, 2.45) is 5.92 Å². The molecule has 0 heterocycles. The molecule has 1 aliphatic rings. The second kappa shape index (κ2) is 8.79. The van der Waals surface area contributed by atoms with E-state index in [2.05, 4.69) is 4.72 Å². The van der Waals surface area contributed by atoms with Crippen LogP contribution in [-0.4, -0.2) is 30.7 Å². The molecule has 0 spiro atoms. The molecule has 0 aliphatic heterocycles. The van der Waals surface area contributed by atoms with Crippen molar-refractivity contribution in [1.29, 1.82) is 0 Å². The van der Waals surface area contributed by atoms with E-state index in [0.717, 1.165) is 31.2 Å². The van der Waals surface area contributed by atoms with Gasteiger partial charge in [0.15, 0.2) is 0 Å². The second-order valence-corrected chi connectivity index (χ2v) is 9.38. The lowest BCUT2D eigenvalue weighted by molar-refractivity contribution is 0.384. The van der Waals surface area contributed by atoms with Crippen molar-refractivity contribution >= 4 is 20.8 Å². The van der Waals surface area contributed by atoms with Crippen molar-refractivity contribution in [3.05, 3.63) is 35.9 Å². The predicted octanol–water partition coefficient (Wildman–Crippen LogP) is 2.43. The van der Waals surface area contributed by atoms with Gasteiger partial charge in [-0.15, -0.1) is 0 Å². The van der Waals surface area contributed by atoms with Gasteiger partial charge in [0.25, 0.3) is 0 Å². The van der Waals surface area contributed by atoms with Gasteiger partial charge in [0.2, 0.25) is 10.0 Å². The molecule has 1 aromatic carbocycles. The molecule has 1 aliphatic carbocycles. The summed E-state index contributed by atoms with van der Waals surface area (Å²) >= 11 is 0. The molecule has 2 rings (SSSR count). The average molecular weight is 344 g/mol. The van der Waals surface area contributed by atoms with Crippen LogP contribution in [0, 0.1) is 5.92 Å². The van der Waals surface area contributed by atoms with Crippen molar-refractivity contribution in [2.45, 2.75) is 37.9 Å². The van der Waals surface area contributed by atoms with Crippen LogP contribution in [-0.2, 0) is 26.6 Å². The van der Waals surface area contributed by atoms with Gasteiger partial charge in [-0.2, -0.15) is 0 Å². The monoisotopic (exact) mass is 343 g/mol. The maximum atomic E-state index is 12.0. The van der Waals surface area contributed by atoms with E-state index >= 15 is 0 Å². The Morgan fingerprint density at radius 1 is 1.09 bits per heavy atom. The second-order valence-electron chi connectivity index (χ2n) is 5.95. The van der Waals surface area contributed by atoms with Crippen LogP contribution in [0.5, 0.6) is 0 Å². The maximum absolute atomic E-state index is 12.0. The third-order valence-electron chi connectivity index (χ3n) is 4.00. The summed E-state index contributed by atoms with van der Waals surface area (Å²) in [6, 6.07) is 9.63. The standard InChI is InChI=1S/C16H25NO3S2/c18-21(13-15-7-3-1-4-8-15)12-11-17-22(19,20)14-16-9-5-2-6-10-16/h1,3-4,7-8,16-17H,2,5-6,9-14H2/t21-/m1/s1. The molecule has 4 nitrogen and oxygen atoms in total. The largest absolute Gasteiger partial charge is 0.259 e. The highest BCUT2D eigenvalue weighted by Gasteiger charge is 2.21. The van der Waals surface area contributed by atoms with Crippen LogP contribution in [0.25, 0.3) is 0 Å². The Bertz CT molecular complexity index is 566. The van der Waals surface area contributed by atoms with E-state index in [1.165, 1.54) is 6.42 Å². The minimum absolute atomic E-state index is 0.221. The summed E-state index contributed by atoms with van der Waals surface area (Å²) in [5.74, 6) is 1.35. The van der Waals surface area contributed by atoms with Crippen LogP contribution in [0.4, 0.5) is 0 Å². The zero-order valence-electron chi connectivity index (χ0n) is 12.9. The first-order chi connectivity index (χ1) is 10.6. The van der Waals surface area contributed by atoms with Crippen LogP contribution < -0.4 is 4.72 Å². The highest BCUT2D eigenvalue weighted by molar-refractivity contribution is 7.89. The van der Waals surface area contributed by atoms with Crippen LogP contribution in [0.2, 0.25) is 0 Å². The maximum Gasteiger partial charge on any atom is 0.211 e. The van der Waals surface area contributed by atoms with Crippen LogP contribution in [0.15, 0.2) is 30.3 Å². The quantitative estimate of drug-likeness (QED) is 0.788. The fourth-order valence-electron chi connectivity index (χ4n) is 2.87. The van der Waals surface area contributed by atoms with Gasteiger partial charge in [0, 0.05) is 28.9 Å². The van der Waals surface area contributed by atoms with Crippen LogP contribution in [0.3, 0.4) is 0 Å². The molecule has 0 saturated heterocycles. The number of hydrogen-bond donors (Lipinski definition) is 1. The molecule has 0 amide bonds. The van der Waals surface area contributed by atoms with Gasteiger partial charge in [-0.3, -0.25) is 4.21 Å². The lowest BCUT2D eigenvalue weighted by Gasteiger charge is -2.21. The molecule has 22 heavy (non-hydrogen) atoms. The first-order valence-corrected chi connectivity index (χ1v) is 11.1. The van der Waals surface area contributed by atoms with E-state index in [4.69, 9.17) is 0 Å². The smallest absolute Gasteiger partial charge is 0.211 e. The molecule has 0 bridgehead atoms. The highest BCUT2D eigenvalue weighted by Crippen LogP contribution is 2.24. The summed E-state index contributed by atoms with van der Waals surface area (Å²) in [6.07, 6.45) is 5.53. The Kier molecular flexibility index (Phi) is 7.05. The molecule has 0 aromatic heterocycles. The van der Waals surface area contributed by atoms with Crippen LogP contribution >= 0.6 is 0 Å². The Labute approximate surface area is 136 Å². The SMILES string of the molecule is O=[S@](CCNS(=O)(=O)CC1CCCCC1)Cc1ccccc1. The van der Waals surface area contributed by atoms with Gasteiger partial charge in [-0.1, -0.05) is 49.6 Å². The average Bonchev–Trinajstić information content (AvgIpc) is 2.48. The molecule has 1 fully saturated rings. The molecule has 1 saturated carbocycles. The molecule has 1 aromatic rings. The van der Waals surface area contributed by atoms with E-state index in [1.807, 2.05) is 30.3 Å². The third-order valence-corrected chi connectivity index (χ3v) is 6.87. The Morgan fingerprint density at radius 2 is 1.77 bits per heavy atom. The number of nitrogens with one attached hydrogen (secondary N) is 1. The number of sulfonamides is 1. The Balaban J connectivity index is 1.69. The zero-order valence-corrected chi connectivity index (χ0v) is 14.5. The van der Waals surface area contributed by atoms with Crippen LogP contribution in [0.1, 0.15) is 37.7 Å². The normalized spacial score (nSPS) is 18.2. The lowest BCUT2D eigenvalue weighted by atomic mass is 9.91. The minimum Gasteiger partial charge on any atom is -0.259 e. The number of rotatable bonds is 8. The lowest BCUT2D eigenvalue weighted by Crippen LogP contribution is -2.33. The summed E-state index contributed by atoms with van der Waals surface area (Å²) in [5.41, 5.74) is 1.02. The first kappa shape index (κ1) is 17.6. The zero-order chi connectivity index (χ0) is 15.8. The Hall–Kier alpha value is -0.720. The van der Waals surface area contributed by atoms with Gasteiger partial charge in [-0.25, -0.2) is 13.1 Å². The molecule has 6 heteroatoms. The highest BCUT2D eigenvalue weighted by atomic mass is 32.2. The van der Waals surface area contributed by atoms with E-state index in [0.29, 0.717) is 17.4 Å². The first-order valence-electron chi connectivity index (χ1n) is 7.91. The van der Waals surface area contributed by atoms with E-state index in [1.54, 1.807) is 0 Å². The molecular formula is C16H25NO3S2. The van der Waals surface area contributed by atoms with Crippen molar-refractivity contribution < 1.29 is 12.6 Å². The van der Waals surface area contributed by atoms with Gasteiger partial charge in [-0.05, 0) is 24.3 Å². The topological polar surface area (TPSA) is 63.2 Å². The minimum atomic E-state index is -3.23. The molecule has 124 valence electrons. The third kappa shape index (κ3) is 6.58. The van der Waals surface area contributed by atoms with Crippen molar-refractivity contribution in [1.82, 2.24) is 4.72 Å². The van der Waals surface area contributed by atoms with Gasteiger partial charge in [0.05, 0.1) is 5.75 Å².